The molecule has 0 radical (unpaired) electrons. The molecule has 0 aromatic heterocycles. The number of aliphatic hydroxyl groups is 4. The Morgan fingerprint density at radius 3 is 0.887 bits per heavy atom. The maximum atomic E-state index is 12.6. The van der Waals surface area contributed by atoms with Crippen LogP contribution >= 0.6 is 0 Å². The fraction of sp³-hybridized carbons (Fsp3) is 0.862. The van der Waals surface area contributed by atoms with Crippen molar-refractivity contribution >= 4 is 5.91 Å². The molecule has 0 aromatic carbocycles. The van der Waals surface area contributed by atoms with Gasteiger partial charge in [-0.25, -0.2) is 0 Å². The quantitative estimate of drug-likeness (QED) is 0.0308. The molecular formula is C65H123NO5. The zero-order chi connectivity index (χ0) is 51.6. The molecule has 71 heavy (non-hydrogen) atoms. The van der Waals surface area contributed by atoms with Crippen LogP contribution in [0.1, 0.15) is 328 Å². The molecule has 0 saturated heterocycles. The van der Waals surface area contributed by atoms with Crippen molar-refractivity contribution < 1.29 is 25.2 Å². The van der Waals surface area contributed by atoms with Crippen molar-refractivity contribution in [2.75, 3.05) is 6.61 Å². The number of rotatable bonds is 58. The van der Waals surface area contributed by atoms with Gasteiger partial charge in [0.1, 0.15) is 12.2 Å². The first-order valence-electron chi connectivity index (χ1n) is 31.5. The molecule has 4 unspecified atom stereocenters. The minimum absolute atomic E-state index is 0.357. The minimum Gasteiger partial charge on any atom is -0.394 e. The van der Waals surface area contributed by atoms with Gasteiger partial charge in [0, 0.05) is 0 Å². The zero-order valence-electron chi connectivity index (χ0n) is 47.5. The molecule has 0 rings (SSSR count). The smallest absolute Gasteiger partial charge is 0.249 e. The lowest BCUT2D eigenvalue weighted by Crippen LogP contribution is -2.53. The Bertz CT molecular complexity index is 1170. The van der Waals surface area contributed by atoms with Crippen molar-refractivity contribution in [3.8, 4) is 0 Å². The molecule has 5 N–H and O–H groups in total. The molecule has 0 aliphatic heterocycles. The van der Waals surface area contributed by atoms with Crippen molar-refractivity contribution in [2.24, 2.45) is 0 Å². The third-order valence-corrected chi connectivity index (χ3v) is 14.7. The summed E-state index contributed by atoms with van der Waals surface area (Å²) >= 11 is 0. The Kier molecular flexibility index (Phi) is 57.7. The standard InChI is InChI=1S/C65H123NO5/c1-3-5-7-9-11-13-15-17-19-21-23-25-27-29-31-33-34-36-38-40-42-44-46-48-50-52-54-56-58-62(68)64(70)61(60-67)66-65(71)63(69)59-57-55-53-51-49-47-45-43-41-39-37-35-32-30-28-26-24-22-20-18-16-14-12-10-8-6-4-2/h30,32,34,36,42,44,50,52,61-64,67-70H,3-29,31,33,35,37-41,43,45-49,51,53-60H2,1-2H3,(H,66,71)/b32-30-,36-34+,44-42+,52-50+. The Balaban J connectivity index is 3.67. The third-order valence-electron chi connectivity index (χ3n) is 14.7. The summed E-state index contributed by atoms with van der Waals surface area (Å²) in [5.74, 6) is -0.597. The minimum atomic E-state index is -1.30. The van der Waals surface area contributed by atoms with E-state index in [1.807, 2.05) is 0 Å². The topological polar surface area (TPSA) is 110 Å². The maximum Gasteiger partial charge on any atom is 0.249 e. The summed E-state index contributed by atoms with van der Waals surface area (Å²) in [5.41, 5.74) is 0. The molecule has 0 bridgehead atoms. The SMILES string of the molecule is CCCCCCCCCCCCCC/C=C\CCCCCCCCCCCCCC(O)C(=O)NC(CO)C(O)C(O)CCC/C=C/CC/C=C/CC/C=C/CCCCCCCCCCCCCCCCC. The van der Waals surface area contributed by atoms with Gasteiger partial charge in [-0.05, 0) is 89.9 Å². The fourth-order valence-corrected chi connectivity index (χ4v) is 9.79. The van der Waals surface area contributed by atoms with Crippen LogP contribution < -0.4 is 5.32 Å². The van der Waals surface area contributed by atoms with Gasteiger partial charge < -0.3 is 25.7 Å². The Labute approximate surface area is 442 Å². The van der Waals surface area contributed by atoms with E-state index in [4.69, 9.17) is 0 Å². The summed E-state index contributed by atoms with van der Waals surface area (Å²) < 4.78 is 0. The number of unbranched alkanes of at least 4 members (excludes halogenated alkanes) is 41. The van der Waals surface area contributed by atoms with Crippen molar-refractivity contribution in [1.29, 1.82) is 0 Å². The number of hydrogen-bond donors (Lipinski definition) is 5. The molecule has 0 heterocycles. The number of nitrogens with one attached hydrogen (secondary N) is 1. The highest BCUT2D eigenvalue weighted by atomic mass is 16.3. The summed E-state index contributed by atoms with van der Waals surface area (Å²) in [5, 5.41) is 44.1. The summed E-state index contributed by atoms with van der Waals surface area (Å²) in [4.78, 5) is 12.6. The summed E-state index contributed by atoms with van der Waals surface area (Å²) in [7, 11) is 0. The van der Waals surface area contributed by atoms with Crippen LogP contribution in [0.3, 0.4) is 0 Å². The van der Waals surface area contributed by atoms with E-state index >= 15 is 0 Å². The maximum absolute atomic E-state index is 12.6. The Morgan fingerprint density at radius 2 is 0.592 bits per heavy atom. The van der Waals surface area contributed by atoms with Gasteiger partial charge in [0.05, 0.1) is 18.8 Å². The highest BCUT2D eigenvalue weighted by Crippen LogP contribution is 2.18. The molecule has 0 fully saturated rings. The van der Waals surface area contributed by atoms with E-state index in [0.29, 0.717) is 19.3 Å². The number of hydrogen-bond acceptors (Lipinski definition) is 5. The largest absolute Gasteiger partial charge is 0.394 e. The average Bonchev–Trinajstić information content (AvgIpc) is 3.38. The van der Waals surface area contributed by atoms with Gasteiger partial charge in [0.2, 0.25) is 5.91 Å². The van der Waals surface area contributed by atoms with Gasteiger partial charge in [-0.15, -0.1) is 0 Å². The molecule has 6 heteroatoms. The lowest BCUT2D eigenvalue weighted by Gasteiger charge is -2.27. The van der Waals surface area contributed by atoms with Gasteiger partial charge in [0.25, 0.3) is 0 Å². The lowest BCUT2D eigenvalue weighted by atomic mass is 10.00. The first-order valence-corrected chi connectivity index (χ1v) is 31.5. The molecule has 0 saturated carbocycles. The van der Waals surface area contributed by atoms with Crippen LogP contribution in [0.25, 0.3) is 0 Å². The number of carbonyl (C=O) groups excluding carboxylic acids is 1. The monoisotopic (exact) mass is 998 g/mol. The Hall–Kier alpha value is -1.73. The zero-order valence-corrected chi connectivity index (χ0v) is 47.5. The number of carbonyl (C=O) groups is 1. The second kappa shape index (κ2) is 59.2. The van der Waals surface area contributed by atoms with E-state index in [2.05, 4.69) is 67.8 Å². The van der Waals surface area contributed by atoms with E-state index in [-0.39, 0.29) is 0 Å². The number of allylic oxidation sites excluding steroid dienone is 8. The van der Waals surface area contributed by atoms with Crippen LogP contribution in [-0.2, 0) is 4.79 Å². The van der Waals surface area contributed by atoms with Crippen LogP contribution in [0, 0.1) is 0 Å². The molecule has 0 aliphatic carbocycles. The van der Waals surface area contributed by atoms with E-state index in [1.54, 1.807) is 0 Å². The number of amides is 1. The highest BCUT2D eigenvalue weighted by molar-refractivity contribution is 5.80. The predicted molar refractivity (Wildman–Crippen MR) is 311 cm³/mol. The first-order chi connectivity index (χ1) is 35.0. The van der Waals surface area contributed by atoms with Crippen LogP contribution in [0.15, 0.2) is 48.6 Å². The Morgan fingerprint density at radius 1 is 0.338 bits per heavy atom. The van der Waals surface area contributed by atoms with Gasteiger partial charge in [0.15, 0.2) is 0 Å². The average molecular weight is 999 g/mol. The lowest BCUT2D eigenvalue weighted by molar-refractivity contribution is -0.132. The van der Waals surface area contributed by atoms with Crippen molar-refractivity contribution in [3.63, 3.8) is 0 Å². The van der Waals surface area contributed by atoms with Crippen molar-refractivity contribution in [3.05, 3.63) is 48.6 Å². The molecule has 1 amide bonds. The third kappa shape index (κ3) is 52.9. The van der Waals surface area contributed by atoms with Crippen LogP contribution in [-0.4, -0.2) is 57.3 Å². The van der Waals surface area contributed by atoms with Crippen LogP contribution in [0.2, 0.25) is 0 Å². The van der Waals surface area contributed by atoms with E-state index in [1.165, 1.54) is 244 Å². The second-order valence-corrected chi connectivity index (χ2v) is 21.7. The molecular weight excluding hydrogens is 875 g/mol. The molecule has 0 aromatic rings. The molecule has 0 spiro atoms. The normalized spacial score (nSPS) is 13.9. The van der Waals surface area contributed by atoms with Gasteiger partial charge >= 0.3 is 0 Å². The fourth-order valence-electron chi connectivity index (χ4n) is 9.79. The van der Waals surface area contributed by atoms with Crippen LogP contribution in [0.4, 0.5) is 0 Å². The summed E-state index contributed by atoms with van der Waals surface area (Å²) in [6.07, 6.45) is 76.3. The predicted octanol–water partition coefficient (Wildman–Crippen LogP) is 18.9. The van der Waals surface area contributed by atoms with E-state index < -0.39 is 36.9 Å². The van der Waals surface area contributed by atoms with Crippen LogP contribution in [0.5, 0.6) is 0 Å². The van der Waals surface area contributed by atoms with Crippen molar-refractivity contribution in [2.45, 2.75) is 353 Å². The summed E-state index contributed by atoms with van der Waals surface area (Å²) in [6, 6.07) is -1.01. The van der Waals surface area contributed by atoms with Gasteiger partial charge in [-0.2, -0.15) is 0 Å². The van der Waals surface area contributed by atoms with Gasteiger partial charge in [-0.1, -0.05) is 287 Å². The molecule has 0 aliphatic rings. The van der Waals surface area contributed by atoms with Crippen molar-refractivity contribution in [1.82, 2.24) is 5.32 Å². The summed E-state index contributed by atoms with van der Waals surface area (Å²) in [6.45, 7) is 4.08. The molecule has 6 nitrogen and oxygen atoms in total. The molecule has 4 atom stereocenters. The highest BCUT2D eigenvalue weighted by Gasteiger charge is 2.28. The second-order valence-electron chi connectivity index (χ2n) is 21.7. The first kappa shape index (κ1) is 69.3. The number of aliphatic hydroxyl groups excluding tert-OH is 4. The molecule has 418 valence electrons. The van der Waals surface area contributed by atoms with E-state index in [0.717, 1.165) is 51.4 Å². The van der Waals surface area contributed by atoms with Gasteiger partial charge in [-0.3, -0.25) is 4.79 Å². The van der Waals surface area contributed by atoms with E-state index in [9.17, 15) is 25.2 Å².